The van der Waals surface area contributed by atoms with Gasteiger partial charge in [0.2, 0.25) is 0 Å². The molecule has 1 amide bonds. The summed E-state index contributed by atoms with van der Waals surface area (Å²) < 4.78 is 3.17. The summed E-state index contributed by atoms with van der Waals surface area (Å²) in [5.41, 5.74) is 13.6. The summed E-state index contributed by atoms with van der Waals surface area (Å²) in [4.78, 5) is 27.8. The Morgan fingerprint density at radius 2 is 1.88 bits per heavy atom. The van der Waals surface area contributed by atoms with Gasteiger partial charge in [-0.2, -0.15) is 0 Å². The number of rotatable bonds is 3. The van der Waals surface area contributed by atoms with Gasteiger partial charge in [-0.25, -0.2) is 9.50 Å². The van der Waals surface area contributed by atoms with Crippen LogP contribution in [0.5, 0.6) is 0 Å². The zero-order valence-electron chi connectivity index (χ0n) is 18.5. The third-order valence-electron chi connectivity index (χ3n) is 5.32. The Morgan fingerprint density at radius 1 is 1.12 bits per heavy atom. The molecule has 3 heterocycles. The summed E-state index contributed by atoms with van der Waals surface area (Å²) in [5.74, 6) is 2.10. The van der Waals surface area contributed by atoms with Crippen molar-refractivity contribution in [3.05, 3.63) is 100 Å². The number of aryl methyl sites for hydroxylation is 1. The number of carbonyl (C=O) groups excluding carboxylic acids is 1. The molecular weight excluding hydrogens is 428 g/mol. The van der Waals surface area contributed by atoms with Crippen molar-refractivity contribution in [2.45, 2.75) is 13.3 Å². The number of anilines is 1. The second-order valence-corrected chi connectivity index (χ2v) is 7.39. The van der Waals surface area contributed by atoms with Gasteiger partial charge in [-0.05, 0) is 42.1 Å². The summed E-state index contributed by atoms with van der Waals surface area (Å²) >= 11 is 0. The maximum Gasteiger partial charge on any atom is 0.264 e. The average Bonchev–Trinajstić information content (AvgIpc) is 3.20. The number of hydrogen-bond donors (Lipinski definition) is 2. The summed E-state index contributed by atoms with van der Waals surface area (Å²) in [6.07, 6.45) is 9.51. The molecule has 0 aliphatic carbocycles. The number of para-hydroxylation sites is 1. The summed E-state index contributed by atoms with van der Waals surface area (Å²) in [5, 5.41) is 5.38. The van der Waals surface area contributed by atoms with Gasteiger partial charge in [0.15, 0.2) is 11.5 Å². The monoisotopic (exact) mass is 450 g/mol. The van der Waals surface area contributed by atoms with Crippen molar-refractivity contribution >= 4 is 28.1 Å². The van der Waals surface area contributed by atoms with Crippen molar-refractivity contribution in [1.82, 2.24) is 19.2 Å². The standard InChI is InChI=1S/C19H15NO.C7H7N5O/c1-3-14-9-8-10-15-13-16(4-2)20(19(21)18(14)15)17-11-6-5-7-12-17;8-5-4(6(9)13)7-10-2-1-3-12(7)11-5/h1,5-13H,4H2,2H3;1-3H,(H2,8,11)(H2,9,13). The molecule has 3 aromatic heterocycles. The van der Waals surface area contributed by atoms with Crippen LogP contribution in [-0.4, -0.2) is 25.1 Å². The number of nitrogens with zero attached hydrogens (tertiary/aromatic N) is 4. The maximum absolute atomic E-state index is 13.0. The highest BCUT2D eigenvalue weighted by Gasteiger charge is 2.15. The average molecular weight is 451 g/mol. The van der Waals surface area contributed by atoms with Crippen molar-refractivity contribution in [3.8, 4) is 18.0 Å². The van der Waals surface area contributed by atoms with Crippen LogP contribution in [0.4, 0.5) is 5.82 Å². The minimum absolute atomic E-state index is 0.0518. The molecule has 0 radical (unpaired) electrons. The van der Waals surface area contributed by atoms with Crippen LogP contribution in [0.1, 0.15) is 28.5 Å². The van der Waals surface area contributed by atoms with Crippen molar-refractivity contribution < 1.29 is 4.79 Å². The molecule has 168 valence electrons. The summed E-state index contributed by atoms with van der Waals surface area (Å²) in [6.45, 7) is 2.05. The van der Waals surface area contributed by atoms with Crippen molar-refractivity contribution in [2.75, 3.05) is 5.73 Å². The number of aromatic nitrogens is 4. The molecule has 4 N–H and O–H groups in total. The van der Waals surface area contributed by atoms with E-state index in [9.17, 15) is 9.59 Å². The molecule has 0 fully saturated rings. The number of nitrogens with two attached hydrogens (primary N) is 2. The number of nitrogen functional groups attached to an aromatic ring is 1. The first-order valence-corrected chi connectivity index (χ1v) is 10.5. The van der Waals surface area contributed by atoms with Gasteiger partial charge < -0.3 is 11.5 Å². The van der Waals surface area contributed by atoms with Gasteiger partial charge in [0.05, 0.1) is 5.39 Å². The lowest BCUT2D eigenvalue weighted by Crippen LogP contribution is -2.22. The SMILES string of the molecule is C#Cc1cccc2cc(CC)n(-c3ccccc3)c(=O)c12.NC(=O)c1c(N)nn2cccnc12. The number of primary amides is 1. The molecule has 5 rings (SSSR count). The van der Waals surface area contributed by atoms with E-state index < -0.39 is 5.91 Å². The molecule has 0 spiro atoms. The number of hydrogen-bond acceptors (Lipinski definition) is 5. The van der Waals surface area contributed by atoms with E-state index in [1.54, 1.807) is 23.0 Å². The Labute approximate surface area is 195 Å². The molecule has 0 aliphatic heterocycles. The Hall–Kier alpha value is -4.90. The van der Waals surface area contributed by atoms with E-state index in [4.69, 9.17) is 17.9 Å². The number of amides is 1. The molecule has 0 saturated carbocycles. The molecule has 0 atom stereocenters. The largest absolute Gasteiger partial charge is 0.381 e. The van der Waals surface area contributed by atoms with Crippen LogP contribution in [-0.2, 0) is 6.42 Å². The van der Waals surface area contributed by atoms with Gasteiger partial charge in [-0.1, -0.05) is 43.2 Å². The lowest BCUT2D eigenvalue weighted by atomic mass is 10.0. The normalized spacial score (nSPS) is 10.5. The molecule has 2 aromatic carbocycles. The molecule has 34 heavy (non-hydrogen) atoms. The highest BCUT2D eigenvalue weighted by Crippen LogP contribution is 2.19. The first-order valence-electron chi connectivity index (χ1n) is 10.5. The van der Waals surface area contributed by atoms with Gasteiger partial charge >= 0.3 is 0 Å². The van der Waals surface area contributed by atoms with Crippen molar-refractivity contribution in [3.63, 3.8) is 0 Å². The van der Waals surface area contributed by atoms with E-state index in [0.29, 0.717) is 16.6 Å². The minimum Gasteiger partial charge on any atom is -0.381 e. The predicted molar refractivity (Wildman–Crippen MR) is 133 cm³/mol. The zero-order valence-corrected chi connectivity index (χ0v) is 18.5. The first-order chi connectivity index (χ1) is 16.5. The second kappa shape index (κ2) is 9.30. The van der Waals surface area contributed by atoms with Gasteiger partial charge in [-0.3, -0.25) is 14.2 Å². The smallest absolute Gasteiger partial charge is 0.264 e. The number of pyridine rings is 1. The Balaban J connectivity index is 0.000000180. The highest BCUT2D eigenvalue weighted by atomic mass is 16.1. The molecule has 0 bridgehead atoms. The van der Waals surface area contributed by atoms with Gasteiger partial charge in [0.25, 0.3) is 11.5 Å². The molecular formula is C26H22N6O2. The Bertz CT molecular complexity index is 1610. The highest BCUT2D eigenvalue weighted by molar-refractivity contribution is 6.03. The van der Waals surface area contributed by atoms with Crippen LogP contribution in [0.15, 0.2) is 77.9 Å². The molecule has 0 saturated heterocycles. The number of benzene rings is 2. The fourth-order valence-corrected chi connectivity index (χ4v) is 3.80. The Morgan fingerprint density at radius 3 is 2.56 bits per heavy atom. The first kappa shape index (κ1) is 22.3. The minimum atomic E-state index is -0.619. The molecule has 0 aliphatic rings. The second-order valence-electron chi connectivity index (χ2n) is 7.39. The summed E-state index contributed by atoms with van der Waals surface area (Å²) in [6, 6.07) is 19.0. The van der Waals surface area contributed by atoms with E-state index in [1.807, 2.05) is 61.5 Å². The Kier molecular flexibility index (Phi) is 6.10. The molecule has 8 nitrogen and oxygen atoms in total. The van der Waals surface area contributed by atoms with Crippen LogP contribution < -0.4 is 17.0 Å². The van der Waals surface area contributed by atoms with Crippen LogP contribution in [0.25, 0.3) is 22.1 Å². The lowest BCUT2D eigenvalue weighted by molar-refractivity contribution is 0.100. The third-order valence-corrected chi connectivity index (χ3v) is 5.32. The number of terminal acetylenes is 1. The predicted octanol–water partition coefficient (Wildman–Crippen LogP) is 2.94. The van der Waals surface area contributed by atoms with E-state index >= 15 is 0 Å². The van der Waals surface area contributed by atoms with Crippen molar-refractivity contribution in [2.24, 2.45) is 5.73 Å². The van der Waals surface area contributed by atoms with Gasteiger partial charge in [0.1, 0.15) is 5.56 Å². The zero-order chi connectivity index (χ0) is 24.2. The van der Waals surface area contributed by atoms with Crippen LogP contribution in [0, 0.1) is 12.3 Å². The van der Waals surface area contributed by atoms with Crippen LogP contribution >= 0.6 is 0 Å². The molecule has 0 unspecified atom stereocenters. The quantitative estimate of drug-likeness (QED) is 0.409. The maximum atomic E-state index is 13.0. The van der Waals surface area contributed by atoms with Crippen molar-refractivity contribution in [1.29, 1.82) is 0 Å². The van der Waals surface area contributed by atoms with E-state index in [2.05, 4.69) is 16.0 Å². The molecule has 8 heteroatoms. The summed E-state index contributed by atoms with van der Waals surface area (Å²) in [7, 11) is 0. The van der Waals surface area contributed by atoms with Crippen LogP contribution in [0.3, 0.4) is 0 Å². The van der Waals surface area contributed by atoms with E-state index in [0.717, 1.165) is 23.2 Å². The molecule has 5 aromatic rings. The lowest BCUT2D eigenvalue weighted by Gasteiger charge is -2.14. The van der Waals surface area contributed by atoms with Crippen LogP contribution in [0.2, 0.25) is 0 Å². The third kappa shape index (κ3) is 3.98. The van der Waals surface area contributed by atoms with E-state index in [1.165, 1.54) is 4.52 Å². The fraction of sp³-hybridized carbons (Fsp3) is 0.0769. The number of fused-ring (bicyclic) bond motifs is 2. The topological polar surface area (TPSA) is 121 Å². The van der Waals surface area contributed by atoms with Gasteiger partial charge in [-0.15, -0.1) is 11.5 Å². The van der Waals surface area contributed by atoms with Gasteiger partial charge in [0, 0.05) is 29.3 Å². The van der Waals surface area contributed by atoms with E-state index in [-0.39, 0.29) is 16.9 Å². The number of carbonyl (C=O) groups is 1. The fourth-order valence-electron chi connectivity index (χ4n) is 3.80.